The van der Waals surface area contributed by atoms with Crippen molar-refractivity contribution in [3.63, 3.8) is 0 Å². The van der Waals surface area contributed by atoms with Crippen molar-refractivity contribution < 1.29 is 0 Å². The Hall–Kier alpha value is -1.05. The van der Waals surface area contributed by atoms with Crippen LogP contribution < -0.4 is 4.90 Å². The second-order valence-corrected chi connectivity index (χ2v) is 3.34. The van der Waals surface area contributed by atoms with E-state index in [4.69, 9.17) is 0 Å². The molecule has 12 heavy (non-hydrogen) atoms. The lowest BCUT2D eigenvalue weighted by molar-refractivity contribution is 0.401. The lowest BCUT2D eigenvalue weighted by Gasteiger charge is -2.36. The van der Waals surface area contributed by atoms with Gasteiger partial charge in [0.1, 0.15) is 0 Å². The molecule has 1 radical (unpaired) electrons. The summed E-state index contributed by atoms with van der Waals surface area (Å²) in [7, 11) is 2.13. The molecular formula is C10H13N2. The van der Waals surface area contributed by atoms with Crippen LogP contribution in [-0.2, 0) is 0 Å². The Morgan fingerprint density at radius 2 is 2.42 bits per heavy atom. The van der Waals surface area contributed by atoms with Gasteiger partial charge in [-0.1, -0.05) is 0 Å². The number of pyridine rings is 1. The number of hydrogen-bond acceptors (Lipinski definition) is 2. The molecule has 0 bridgehead atoms. The predicted molar refractivity (Wildman–Crippen MR) is 49.1 cm³/mol. The van der Waals surface area contributed by atoms with Gasteiger partial charge in [0.25, 0.3) is 0 Å². The third-order valence-electron chi connectivity index (χ3n) is 2.62. The van der Waals surface area contributed by atoms with Crippen molar-refractivity contribution in [1.29, 1.82) is 0 Å². The predicted octanol–water partition coefficient (Wildman–Crippen LogP) is 1.87. The highest BCUT2D eigenvalue weighted by Crippen LogP contribution is 2.27. The van der Waals surface area contributed by atoms with Crippen molar-refractivity contribution in [2.75, 3.05) is 11.9 Å². The first-order valence-electron chi connectivity index (χ1n) is 4.42. The summed E-state index contributed by atoms with van der Waals surface area (Å²) in [5.41, 5.74) is 1.18. The van der Waals surface area contributed by atoms with Gasteiger partial charge in [-0.05, 0) is 25.3 Å². The molecule has 0 amide bonds. The first-order valence-corrected chi connectivity index (χ1v) is 4.42. The van der Waals surface area contributed by atoms with Crippen LogP contribution in [0.5, 0.6) is 0 Å². The molecule has 0 aliphatic heterocycles. The lowest BCUT2D eigenvalue weighted by Crippen LogP contribution is -2.37. The van der Waals surface area contributed by atoms with Crippen molar-refractivity contribution in [2.45, 2.75) is 25.3 Å². The monoisotopic (exact) mass is 161 g/mol. The molecule has 63 valence electrons. The van der Waals surface area contributed by atoms with E-state index in [0.717, 1.165) is 6.04 Å². The second kappa shape index (κ2) is 3.13. The maximum atomic E-state index is 4.05. The SMILES string of the molecule is CN(c1c[c]cnc1)C1CCC1. The fraction of sp³-hybridized carbons (Fsp3) is 0.500. The fourth-order valence-electron chi connectivity index (χ4n) is 1.49. The Morgan fingerprint density at radius 3 is 2.92 bits per heavy atom. The molecule has 1 saturated carbocycles. The summed E-state index contributed by atoms with van der Waals surface area (Å²) in [6.45, 7) is 0. The van der Waals surface area contributed by atoms with Crippen LogP contribution in [0, 0.1) is 6.07 Å². The molecule has 0 unspecified atom stereocenters. The first kappa shape index (κ1) is 7.59. The van der Waals surface area contributed by atoms with E-state index < -0.39 is 0 Å². The molecule has 0 saturated heterocycles. The van der Waals surface area contributed by atoms with E-state index in [2.05, 4.69) is 23.0 Å². The average molecular weight is 161 g/mol. The van der Waals surface area contributed by atoms with Crippen molar-refractivity contribution in [3.05, 3.63) is 24.5 Å². The summed E-state index contributed by atoms with van der Waals surface area (Å²) in [4.78, 5) is 6.35. The molecule has 1 aromatic heterocycles. The Kier molecular flexibility index (Phi) is 1.98. The fourth-order valence-corrected chi connectivity index (χ4v) is 1.49. The van der Waals surface area contributed by atoms with E-state index in [1.807, 2.05) is 12.3 Å². The van der Waals surface area contributed by atoms with Gasteiger partial charge in [-0.3, -0.25) is 4.98 Å². The summed E-state index contributed by atoms with van der Waals surface area (Å²) in [6.07, 6.45) is 7.61. The van der Waals surface area contributed by atoms with Gasteiger partial charge in [0.15, 0.2) is 0 Å². The third-order valence-corrected chi connectivity index (χ3v) is 2.62. The minimum Gasteiger partial charge on any atom is -0.370 e. The number of anilines is 1. The van der Waals surface area contributed by atoms with Crippen molar-refractivity contribution in [1.82, 2.24) is 4.98 Å². The Labute approximate surface area is 73.2 Å². The molecule has 0 spiro atoms. The second-order valence-electron chi connectivity index (χ2n) is 3.34. The molecule has 1 aliphatic carbocycles. The Balaban J connectivity index is 2.08. The van der Waals surface area contributed by atoms with E-state index >= 15 is 0 Å². The Bertz CT molecular complexity index is 241. The van der Waals surface area contributed by atoms with Gasteiger partial charge < -0.3 is 4.90 Å². The minimum atomic E-state index is 0.739. The number of nitrogens with zero attached hydrogens (tertiary/aromatic N) is 2. The lowest BCUT2D eigenvalue weighted by atomic mass is 9.92. The third kappa shape index (κ3) is 1.29. The molecule has 2 rings (SSSR count). The standard InChI is InChI=1S/C10H13N2/c1-12(9-4-2-5-9)10-6-3-7-11-8-10/h6-9H,2,4-5H2,1H3. The zero-order valence-electron chi connectivity index (χ0n) is 7.33. The zero-order valence-corrected chi connectivity index (χ0v) is 7.33. The average Bonchev–Trinajstić information content (AvgIpc) is 2.03. The van der Waals surface area contributed by atoms with E-state index in [1.54, 1.807) is 6.20 Å². The van der Waals surface area contributed by atoms with Gasteiger partial charge in [-0.25, -0.2) is 0 Å². The topological polar surface area (TPSA) is 16.1 Å². The summed E-state index contributed by atoms with van der Waals surface area (Å²) in [6, 6.07) is 5.72. The summed E-state index contributed by atoms with van der Waals surface area (Å²) in [5, 5.41) is 0. The summed E-state index contributed by atoms with van der Waals surface area (Å²) >= 11 is 0. The summed E-state index contributed by atoms with van der Waals surface area (Å²) in [5.74, 6) is 0. The molecular weight excluding hydrogens is 148 g/mol. The highest BCUT2D eigenvalue weighted by Gasteiger charge is 2.21. The van der Waals surface area contributed by atoms with Crippen LogP contribution in [0.15, 0.2) is 18.5 Å². The highest BCUT2D eigenvalue weighted by atomic mass is 15.1. The van der Waals surface area contributed by atoms with Crippen molar-refractivity contribution >= 4 is 5.69 Å². The molecule has 0 aromatic carbocycles. The van der Waals surface area contributed by atoms with E-state index in [1.165, 1.54) is 24.9 Å². The van der Waals surface area contributed by atoms with Gasteiger partial charge in [0.05, 0.1) is 11.9 Å². The number of hydrogen-bond donors (Lipinski definition) is 0. The maximum Gasteiger partial charge on any atom is 0.0558 e. The van der Waals surface area contributed by atoms with Crippen molar-refractivity contribution in [3.8, 4) is 0 Å². The van der Waals surface area contributed by atoms with Gasteiger partial charge in [-0.15, -0.1) is 0 Å². The van der Waals surface area contributed by atoms with Crippen LogP contribution in [0.1, 0.15) is 19.3 Å². The van der Waals surface area contributed by atoms with Crippen molar-refractivity contribution in [2.24, 2.45) is 0 Å². The van der Waals surface area contributed by atoms with Crippen LogP contribution in [0.25, 0.3) is 0 Å². The van der Waals surface area contributed by atoms with Crippen LogP contribution in [-0.4, -0.2) is 18.1 Å². The number of aromatic nitrogens is 1. The van der Waals surface area contributed by atoms with Crippen LogP contribution in [0.2, 0.25) is 0 Å². The molecule has 1 heterocycles. The van der Waals surface area contributed by atoms with Crippen LogP contribution in [0.4, 0.5) is 5.69 Å². The molecule has 1 fully saturated rings. The molecule has 1 aromatic rings. The highest BCUT2D eigenvalue weighted by molar-refractivity contribution is 5.43. The van der Waals surface area contributed by atoms with E-state index in [-0.39, 0.29) is 0 Å². The van der Waals surface area contributed by atoms with Gasteiger partial charge in [0.2, 0.25) is 0 Å². The number of rotatable bonds is 2. The minimum absolute atomic E-state index is 0.739. The smallest absolute Gasteiger partial charge is 0.0558 e. The molecule has 2 heteroatoms. The molecule has 2 nitrogen and oxygen atoms in total. The van der Waals surface area contributed by atoms with Gasteiger partial charge in [-0.2, -0.15) is 0 Å². The van der Waals surface area contributed by atoms with E-state index in [0.29, 0.717) is 0 Å². The van der Waals surface area contributed by atoms with E-state index in [9.17, 15) is 0 Å². The largest absolute Gasteiger partial charge is 0.370 e. The maximum absolute atomic E-state index is 4.05. The summed E-state index contributed by atoms with van der Waals surface area (Å²) < 4.78 is 0. The van der Waals surface area contributed by atoms with Crippen LogP contribution >= 0.6 is 0 Å². The quantitative estimate of drug-likeness (QED) is 0.658. The molecule has 0 N–H and O–H groups in total. The zero-order chi connectivity index (χ0) is 8.39. The normalized spacial score (nSPS) is 17.1. The van der Waals surface area contributed by atoms with Gasteiger partial charge in [0, 0.05) is 25.4 Å². The Morgan fingerprint density at radius 1 is 1.58 bits per heavy atom. The first-order chi connectivity index (χ1) is 5.88. The van der Waals surface area contributed by atoms with Crippen LogP contribution in [0.3, 0.4) is 0 Å². The van der Waals surface area contributed by atoms with Gasteiger partial charge >= 0.3 is 0 Å². The molecule has 0 atom stereocenters. The molecule has 1 aliphatic rings.